The Morgan fingerprint density at radius 2 is 1.82 bits per heavy atom. The summed E-state index contributed by atoms with van der Waals surface area (Å²) in [7, 11) is 0. The fraction of sp³-hybridized carbons (Fsp3) is 0.333. The molecule has 0 unspecified atom stereocenters. The zero-order valence-corrected chi connectivity index (χ0v) is 21.5. The topological polar surface area (TPSA) is 133 Å². The Hall–Kier alpha value is -4.08. The molecule has 1 aliphatic heterocycles. The number of nitrogens with zero attached hydrogens (tertiary/aromatic N) is 8. The summed E-state index contributed by atoms with van der Waals surface area (Å²) in [6.45, 7) is 0.311. The van der Waals surface area contributed by atoms with Gasteiger partial charge in [0.2, 0.25) is 0 Å². The number of ether oxygens (including phenoxy) is 1. The lowest BCUT2D eigenvalue weighted by Gasteiger charge is -2.26. The predicted molar refractivity (Wildman–Crippen MR) is 134 cm³/mol. The second kappa shape index (κ2) is 11.2. The largest absolute Gasteiger partial charge is 0.416 e. The van der Waals surface area contributed by atoms with Crippen molar-refractivity contribution in [2.24, 2.45) is 0 Å². The minimum atomic E-state index is -4.95. The molecule has 210 valence electrons. The van der Waals surface area contributed by atoms with Gasteiger partial charge in [-0.1, -0.05) is 11.6 Å². The molecular formula is C24H22ClF3N8O4. The van der Waals surface area contributed by atoms with E-state index in [-0.39, 0.29) is 29.8 Å². The van der Waals surface area contributed by atoms with Crippen molar-refractivity contribution in [3.05, 3.63) is 75.9 Å². The number of pyridine rings is 1. The maximum Gasteiger partial charge on any atom is 0.416 e. The Morgan fingerprint density at radius 1 is 1.10 bits per heavy atom. The van der Waals surface area contributed by atoms with Gasteiger partial charge >= 0.3 is 11.9 Å². The summed E-state index contributed by atoms with van der Waals surface area (Å²) in [5.74, 6) is -0.309. The van der Waals surface area contributed by atoms with Crippen molar-refractivity contribution in [2.45, 2.75) is 25.4 Å². The molecule has 0 radical (unpaired) electrons. The maximum absolute atomic E-state index is 13.1. The van der Waals surface area contributed by atoms with Crippen LogP contribution in [0.1, 0.15) is 16.3 Å². The normalized spacial score (nSPS) is 14.9. The van der Waals surface area contributed by atoms with Crippen LogP contribution in [0.15, 0.2) is 53.7 Å². The Morgan fingerprint density at radius 3 is 2.52 bits per heavy atom. The molecule has 12 nitrogen and oxygen atoms in total. The molecule has 1 saturated heterocycles. The summed E-state index contributed by atoms with van der Waals surface area (Å²) in [6, 6.07) is 9.25. The average molecular weight is 579 g/mol. The van der Waals surface area contributed by atoms with Crippen molar-refractivity contribution in [3.63, 3.8) is 0 Å². The van der Waals surface area contributed by atoms with Gasteiger partial charge in [-0.25, -0.2) is 24.1 Å². The highest BCUT2D eigenvalue weighted by atomic mass is 35.5. The number of aromatic nitrogens is 7. The van der Waals surface area contributed by atoms with Crippen molar-refractivity contribution in [1.29, 1.82) is 0 Å². The van der Waals surface area contributed by atoms with Gasteiger partial charge in [0.25, 0.3) is 5.91 Å². The molecule has 0 bridgehead atoms. The summed E-state index contributed by atoms with van der Waals surface area (Å²) < 4.78 is 47.6. The fourth-order valence-electron chi connectivity index (χ4n) is 4.08. The number of hydrogen-bond acceptors (Lipinski definition) is 8. The number of halogens is 4. The lowest BCUT2D eigenvalue weighted by atomic mass is 10.2. The van der Waals surface area contributed by atoms with Gasteiger partial charge in [0.15, 0.2) is 23.4 Å². The van der Waals surface area contributed by atoms with E-state index >= 15 is 0 Å². The zero-order valence-electron chi connectivity index (χ0n) is 20.7. The summed E-state index contributed by atoms with van der Waals surface area (Å²) >= 11 is 5.92. The Labute approximate surface area is 229 Å². The Balaban J connectivity index is 1.45. The Kier molecular flexibility index (Phi) is 7.69. The third-order valence-electron chi connectivity index (χ3n) is 6.12. The number of benzene rings is 1. The van der Waals surface area contributed by atoms with E-state index in [0.29, 0.717) is 42.6 Å². The van der Waals surface area contributed by atoms with Crippen molar-refractivity contribution >= 4 is 17.5 Å². The first-order valence-corrected chi connectivity index (χ1v) is 12.4. The van der Waals surface area contributed by atoms with Gasteiger partial charge in [0.1, 0.15) is 12.9 Å². The first-order valence-electron chi connectivity index (χ1n) is 12.0. The van der Waals surface area contributed by atoms with Gasteiger partial charge in [-0.15, -0.1) is 10.2 Å². The standard InChI is InChI=1S/C24H22ClF3N8O4/c25-16-5-3-15(4-6-16)21-32-35(23(39)34(21)12-18(37)24(26,27)28)13-19-30-14-36(31-19)17-2-1-7-29-20(17)22(38)33-8-10-40-11-9-33/h1-7,14,18,37H,8-13H2/t18-/m1/s1. The number of alkyl halides is 3. The number of carbonyl (C=O) groups excluding carboxylic acids is 1. The van der Waals surface area contributed by atoms with Crippen LogP contribution in [0.5, 0.6) is 0 Å². The highest BCUT2D eigenvalue weighted by molar-refractivity contribution is 6.30. The van der Waals surface area contributed by atoms with E-state index in [1.807, 2.05) is 0 Å². The molecule has 0 aliphatic carbocycles. The van der Waals surface area contributed by atoms with Crippen LogP contribution < -0.4 is 5.69 Å². The van der Waals surface area contributed by atoms with E-state index in [1.165, 1.54) is 41.5 Å². The minimum absolute atomic E-state index is 0.0967. The van der Waals surface area contributed by atoms with Gasteiger partial charge in [0.05, 0.1) is 25.4 Å². The second-order valence-corrected chi connectivity index (χ2v) is 9.26. The molecule has 1 atom stereocenters. The summed E-state index contributed by atoms with van der Waals surface area (Å²) in [5.41, 5.74) is -0.0943. The molecule has 1 fully saturated rings. The molecule has 16 heteroatoms. The molecule has 4 aromatic rings. The van der Waals surface area contributed by atoms with Gasteiger partial charge in [-0.05, 0) is 36.4 Å². The highest BCUT2D eigenvalue weighted by Crippen LogP contribution is 2.24. The van der Waals surface area contributed by atoms with E-state index in [0.717, 1.165) is 9.25 Å². The Bertz CT molecular complexity index is 1560. The second-order valence-electron chi connectivity index (χ2n) is 8.82. The third-order valence-corrected chi connectivity index (χ3v) is 6.38. The first kappa shape index (κ1) is 27.5. The molecule has 0 spiro atoms. The van der Waals surface area contributed by atoms with E-state index in [4.69, 9.17) is 16.3 Å². The molecule has 3 aromatic heterocycles. The van der Waals surface area contributed by atoms with E-state index in [2.05, 4.69) is 20.2 Å². The van der Waals surface area contributed by atoms with Crippen LogP contribution in [-0.4, -0.2) is 88.6 Å². The van der Waals surface area contributed by atoms with Crippen molar-refractivity contribution < 1.29 is 27.8 Å². The summed E-state index contributed by atoms with van der Waals surface area (Å²) in [6.07, 6.45) is -4.93. The molecule has 4 heterocycles. The van der Waals surface area contributed by atoms with Crippen molar-refractivity contribution in [1.82, 2.24) is 39.0 Å². The fourth-order valence-corrected chi connectivity index (χ4v) is 4.21. The summed E-state index contributed by atoms with van der Waals surface area (Å²) in [4.78, 5) is 36.2. The van der Waals surface area contributed by atoms with Crippen LogP contribution >= 0.6 is 11.6 Å². The van der Waals surface area contributed by atoms with Crippen LogP contribution in [0, 0.1) is 0 Å². The maximum atomic E-state index is 13.1. The summed E-state index contributed by atoms with van der Waals surface area (Å²) in [5, 5.41) is 18.6. The lowest BCUT2D eigenvalue weighted by molar-refractivity contribution is -0.207. The molecule has 1 aliphatic rings. The highest BCUT2D eigenvalue weighted by Gasteiger charge is 2.39. The number of rotatable bonds is 7. The first-order chi connectivity index (χ1) is 19.1. The van der Waals surface area contributed by atoms with E-state index in [9.17, 15) is 27.9 Å². The smallest absolute Gasteiger partial charge is 0.382 e. The molecule has 1 N–H and O–H groups in total. The molecule has 5 rings (SSSR count). The van der Waals surface area contributed by atoms with Gasteiger partial charge in [-0.2, -0.15) is 13.2 Å². The van der Waals surface area contributed by atoms with Crippen LogP contribution in [0.25, 0.3) is 17.1 Å². The number of carbonyl (C=O) groups is 1. The quantitative estimate of drug-likeness (QED) is 0.351. The molecule has 1 aromatic carbocycles. The minimum Gasteiger partial charge on any atom is -0.382 e. The molecular weight excluding hydrogens is 557 g/mol. The van der Waals surface area contributed by atoms with Crippen molar-refractivity contribution in [3.8, 4) is 17.1 Å². The van der Waals surface area contributed by atoms with E-state index < -0.39 is 24.5 Å². The molecule has 0 saturated carbocycles. The van der Waals surface area contributed by atoms with Crippen molar-refractivity contribution in [2.75, 3.05) is 26.3 Å². The molecule has 1 amide bonds. The number of amides is 1. The zero-order chi connectivity index (χ0) is 28.4. The predicted octanol–water partition coefficient (Wildman–Crippen LogP) is 1.78. The van der Waals surface area contributed by atoms with Crippen LogP contribution in [-0.2, 0) is 17.8 Å². The number of aliphatic hydroxyl groups is 1. The third kappa shape index (κ3) is 5.76. The SMILES string of the molecule is O=C(c1ncccc1-n1cnc(Cn2nc(-c3ccc(Cl)cc3)n(C[C@@H](O)C(F)(F)F)c2=O)n1)N1CCOCC1. The van der Waals surface area contributed by atoms with Gasteiger partial charge in [0, 0.05) is 29.9 Å². The van der Waals surface area contributed by atoms with Crippen LogP contribution in [0.3, 0.4) is 0 Å². The number of morpholine rings is 1. The van der Waals surface area contributed by atoms with Gasteiger partial charge in [-0.3, -0.25) is 9.36 Å². The number of hydrogen-bond donors (Lipinski definition) is 1. The van der Waals surface area contributed by atoms with Crippen LogP contribution in [0.2, 0.25) is 5.02 Å². The average Bonchev–Trinajstić information content (AvgIpc) is 3.53. The number of aliphatic hydroxyl groups excluding tert-OH is 1. The monoisotopic (exact) mass is 578 g/mol. The molecule has 40 heavy (non-hydrogen) atoms. The lowest BCUT2D eigenvalue weighted by Crippen LogP contribution is -2.41. The van der Waals surface area contributed by atoms with Crippen LogP contribution in [0.4, 0.5) is 13.2 Å². The van der Waals surface area contributed by atoms with Gasteiger partial charge < -0.3 is 14.7 Å². The van der Waals surface area contributed by atoms with E-state index in [1.54, 1.807) is 17.0 Å².